The van der Waals surface area contributed by atoms with Crippen LogP contribution in [0.3, 0.4) is 0 Å². The standard InChI is InChI=1S/C21H22N4O2/c1-13-9-14(2)11-17(10-13)23-20(26)19-12-15(3)22-21(25-19)24-16-5-7-18(27-4)8-6-16/h5-12H,1-4H3,(H,23,26)(H,22,24,25). The van der Waals surface area contributed by atoms with Gasteiger partial charge in [-0.15, -0.1) is 0 Å². The van der Waals surface area contributed by atoms with Gasteiger partial charge in [0.2, 0.25) is 5.95 Å². The Morgan fingerprint density at radius 3 is 2.19 bits per heavy atom. The second-order valence-corrected chi connectivity index (χ2v) is 6.40. The van der Waals surface area contributed by atoms with Gasteiger partial charge in [-0.3, -0.25) is 4.79 Å². The average molecular weight is 362 g/mol. The van der Waals surface area contributed by atoms with Gasteiger partial charge in [0.1, 0.15) is 11.4 Å². The third kappa shape index (κ3) is 4.82. The van der Waals surface area contributed by atoms with E-state index in [0.717, 1.165) is 28.3 Å². The summed E-state index contributed by atoms with van der Waals surface area (Å²) in [5, 5.41) is 6.02. The molecule has 6 heteroatoms. The Balaban J connectivity index is 1.80. The third-order valence-electron chi connectivity index (χ3n) is 3.91. The van der Waals surface area contributed by atoms with E-state index >= 15 is 0 Å². The third-order valence-corrected chi connectivity index (χ3v) is 3.91. The molecular weight excluding hydrogens is 340 g/mol. The quantitative estimate of drug-likeness (QED) is 0.703. The molecule has 0 saturated carbocycles. The molecule has 0 spiro atoms. The summed E-state index contributed by atoms with van der Waals surface area (Å²) in [4.78, 5) is 21.3. The second-order valence-electron chi connectivity index (χ2n) is 6.40. The van der Waals surface area contributed by atoms with E-state index in [0.29, 0.717) is 17.3 Å². The van der Waals surface area contributed by atoms with Crippen LogP contribution in [0, 0.1) is 20.8 Å². The maximum Gasteiger partial charge on any atom is 0.274 e. The van der Waals surface area contributed by atoms with Gasteiger partial charge in [0, 0.05) is 17.1 Å². The Labute approximate surface area is 158 Å². The predicted octanol–water partition coefficient (Wildman–Crippen LogP) is 4.41. The minimum Gasteiger partial charge on any atom is -0.497 e. The number of benzene rings is 2. The number of aromatic nitrogens is 2. The lowest BCUT2D eigenvalue weighted by molar-refractivity contribution is 0.102. The Hall–Kier alpha value is -3.41. The first-order chi connectivity index (χ1) is 12.9. The number of anilines is 3. The minimum absolute atomic E-state index is 0.275. The molecule has 0 aliphatic rings. The van der Waals surface area contributed by atoms with Crippen molar-refractivity contribution in [3.8, 4) is 5.75 Å². The lowest BCUT2D eigenvalue weighted by Gasteiger charge is -2.10. The molecular formula is C21H22N4O2. The number of nitrogens with zero attached hydrogens (tertiary/aromatic N) is 2. The molecule has 0 fully saturated rings. The Bertz CT molecular complexity index is 948. The lowest BCUT2D eigenvalue weighted by atomic mass is 10.1. The van der Waals surface area contributed by atoms with Crippen molar-refractivity contribution in [1.29, 1.82) is 0 Å². The van der Waals surface area contributed by atoms with E-state index in [1.807, 2.05) is 57.2 Å². The highest BCUT2D eigenvalue weighted by Crippen LogP contribution is 2.19. The van der Waals surface area contributed by atoms with Crippen LogP contribution in [0.15, 0.2) is 48.5 Å². The molecule has 2 N–H and O–H groups in total. The number of ether oxygens (including phenoxy) is 1. The van der Waals surface area contributed by atoms with Gasteiger partial charge < -0.3 is 15.4 Å². The van der Waals surface area contributed by atoms with Crippen LogP contribution in [-0.2, 0) is 0 Å². The first kappa shape index (κ1) is 18.4. The molecule has 3 aromatic rings. The maximum atomic E-state index is 12.6. The summed E-state index contributed by atoms with van der Waals surface area (Å²) in [5.41, 5.74) is 4.74. The average Bonchev–Trinajstić information content (AvgIpc) is 2.61. The fourth-order valence-corrected chi connectivity index (χ4v) is 2.79. The van der Waals surface area contributed by atoms with Crippen molar-refractivity contribution in [2.24, 2.45) is 0 Å². The Morgan fingerprint density at radius 1 is 0.889 bits per heavy atom. The van der Waals surface area contributed by atoms with Crippen molar-refractivity contribution >= 4 is 23.2 Å². The highest BCUT2D eigenvalue weighted by Gasteiger charge is 2.12. The molecule has 138 valence electrons. The summed E-state index contributed by atoms with van der Waals surface area (Å²) in [6.07, 6.45) is 0. The van der Waals surface area contributed by atoms with Crippen LogP contribution >= 0.6 is 0 Å². The molecule has 0 bridgehead atoms. The summed E-state index contributed by atoms with van der Waals surface area (Å²) in [5.74, 6) is 0.855. The van der Waals surface area contributed by atoms with Crippen LogP contribution in [0.2, 0.25) is 0 Å². The minimum atomic E-state index is -0.275. The van der Waals surface area contributed by atoms with E-state index in [9.17, 15) is 4.79 Å². The lowest BCUT2D eigenvalue weighted by Crippen LogP contribution is -2.15. The van der Waals surface area contributed by atoms with Crippen LogP contribution in [-0.4, -0.2) is 23.0 Å². The first-order valence-electron chi connectivity index (χ1n) is 8.59. The topological polar surface area (TPSA) is 76.1 Å². The van der Waals surface area contributed by atoms with Crippen molar-refractivity contribution in [2.45, 2.75) is 20.8 Å². The van der Waals surface area contributed by atoms with Gasteiger partial charge in [-0.1, -0.05) is 6.07 Å². The number of hydrogen-bond acceptors (Lipinski definition) is 5. The zero-order chi connectivity index (χ0) is 19.4. The molecule has 2 aromatic carbocycles. The van der Waals surface area contributed by atoms with Gasteiger partial charge >= 0.3 is 0 Å². The molecule has 0 radical (unpaired) electrons. The molecule has 0 atom stereocenters. The molecule has 1 aromatic heterocycles. The molecule has 6 nitrogen and oxygen atoms in total. The van der Waals surface area contributed by atoms with Gasteiger partial charge in [-0.2, -0.15) is 0 Å². The normalized spacial score (nSPS) is 10.4. The van der Waals surface area contributed by atoms with Crippen molar-refractivity contribution in [2.75, 3.05) is 17.7 Å². The fraction of sp³-hybridized carbons (Fsp3) is 0.190. The number of carbonyl (C=O) groups excluding carboxylic acids is 1. The van der Waals surface area contributed by atoms with Crippen LogP contribution < -0.4 is 15.4 Å². The summed E-state index contributed by atoms with van der Waals surface area (Å²) in [6, 6.07) is 15.0. The summed E-state index contributed by atoms with van der Waals surface area (Å²) < 4.78 is 5.15. The van der Waals surface area contributed by atoms with E-state index in [1.54, 1.807) is 13.2 Å². The smallest absolute Gasteiger partial charge is 0.274 e. The molecule has 0 unspecified atom stereocenters. The number of methoxy groups -OCH3 is 1. The summed E-state index contributed by atoms with van der Waals surface area (Å²) in [7, 11) is 1.62. The predicted molar refractivity (Wildman–Crippen MR) is 107 cm³/mol. The Kier molecular flexibility index (Phi) is 5.35. The number of nitrogens with one attached hydrogen (secondary N) is 2. The first-order valence-corrected chi connectivity index (χ1v) is 8.59. The van der Waals surface area contributed by atoms with Gasteiger partial charge in [0.25, 0.3) is 5.91 Å². The van der Waals surface area contributed by atoms with E-state index < -0.39 is 0 Å². The number of aryl methyl sites for hydroxylation is 3. The highest BCUT2D eigenvalue weighted by molar-refractivity contribution is 6.03. The van der Waals surface area contributed by atoms with Crippen LogP contribution in [0.4, 0.5) is 17.3 Å². The van der Waals surface area contributed by atoms with Gasteiger partial charge in [-0.05, 0) is 74.4 Å². The zero-order valence-corrected chi connectivity index (χ0v) is 15.8. The molecule has 3 rings (SSSR count). The summed E-state index contributed by atoms with van der Waals surface area (Å²) in [6.45, 7) is 5.82. The van der Waals surface area contributed by atoms with Gasteiger partial charge in [-0.25, -0.2) is 9.97 Å². The van der Waals surface area contributed by atoms with E-state index in [-0.39, 0.29) is 5.91 Å². The van der Waals surface area contributed by atoms with E-state index in [4.69, 9.17) is 4.74 Å². The summed E-state index contributed by atoms with van der Waals surface area (Å²) >= 11 is 0. The highest BCUT2D eigenvalue weighted by atomic mass is 16.5. The van der Waals surface area contributed by atoms with E-state index in [2.05, 4.69) is 26.7 Å². The zero-order valence-electron chi connectivity index (χ0n) is 15.8. The van der Waals surface area contributed by atoms with Crippen LogP contribution in [0.25, 0.3) is 0 Å². The largest absolute Gasteiger partial charge is 0.497 e. The maximum absolute atomic E-state index is 12.6. The molecule has 0 saturated heterocycles. The number of rotatable bonds is 5. The number of hydrogen-bond donors (Lipinski definition) is 2. The molecule has 0 aliphatic carbocycles. The monoisotopic (exact) mass is 362 g/mol. The van der Waals surface area contributed by atoms with Crippen molar-refractivity contribution < 1.29 is 9.53 Å². The van der Waals surface area contributed by atoms with Gasteiger partial charge in [0.05, 0.1) is 7.11 Å². The van der Waals surface area contributed by atoms with E-state index in [1.165, 1.54) is 0 Å². The van der Waals surface area contributed by atoms with Crippen molar-refractivity contribution in [3.05, 3.63) is 71.0 Å². The molecule has 0 aliphatic heterocycles. The van der Waals surface area contributed by atoms with Gasteiger partial charge in [0.15, 0.2) is 0 Å². The fourth-order valence-electron chi connectivity index (χ4n) is 2.79. The van der Waals surface area contributed by atoms with Crippen molar-refractivity contribution in [1.82, 2.24) is 9.97 Å². The van der Waals surface area contributed by atoms with Crippen molar-refractivity contribution in [3.63, 3.8) is 0 Å². The number of carbonyl (C=O) groups is 1. The molecule has 1 heterocycles. The number of amides is 1. The van der Waals surface area contributed by atoms with Crippen LogP contribution in [0.1, 0.15) is 27.3 Å². The molecule has 27 heavy (non-hydrogen) atoms. The second kappa shape index (κ2) is 7.86. The molecule has 1 amide bonds. The SMILES string of the molecule is COc1ccc(Nc2nc(C)cc(C(=O)Nc3cc(C)cc(C)c3)n2)cc1. The Morgan fingerprint density at radius 2 is 1.56 bits per heavy atom. The van der Waals surface area contributed by atoms with Crippen LogP contribution in [0.5, 0.6) is 5.75 Å².